The predicted octanol–water partition coefficient (Wildman–Crippen LogP) is 5.17. The average Bonchev–Trinajstić information content (AvgIpc) is 3.49. The van der Waals surface area contributed by atoms with Crippen LogP contribution >= 0.6 is 0 Å². The molecule has 1 aromatic carbocycles. The van der Waals surface area contributed by atoms with Crippen molar-refractivity contribution in [1.82, 2.24) is 15.1 Å². The third-order valence-corrected chi connectivity index (χ3v) is 6.35. The summed E-state index contributed by atoms with van der Waals surface area (Å²) in [5.41, 5.74) is -1.02. The number of hydrogen-bond donors (Lipinski definition) is 2. The summed E-state index contributed by atoms with van der Waals surface area (Å²) in [5.74, 6) is -0.592. The van der Waals surface area contributed by atoms with Crippen molar-refractivity contribution in [3.63, 3.8) is 0 Å². The highest BCUT2D eigenvalue weighted by atomic mass is 19.4. The van der Waals surface area contributed by atoms with Gasteiger partial charge in [0.15, 0.2) is 0 Å². The van der Waals surface area contributed by atoms with Gasteiger partial charge < -0.3 is 20.0 Å². The fourth-order valence-electron chi connectivity index (χ4n) is 4.56. The van der Waals surface area contributed by atoms with E-state index >= 15 is 0 Å². The van der Waals surface area contributed by atoms with E-state index in [1.807, 2.05) is 0 Å². The molecular formula is C23H30F3N5O2. The van der Waals surface area contributed by atoms with Gasteiger partial charge in [-0.3, -0.25) is 4.79 Å². The summed E-state index contributed by atoms with van der Waals surface area (Å²) < 4.78 is 46.8. The molecule has 0 spiro atoms. The van der Waals surface area contributed by atoms with E-state index in [1.165, 1.54) is 25.0 Å². The number of aromatic nitrogens is 2. The summed E-state index contributed by atoms with van der Waals surface area (Å²) in [7, 11) is 0. The Morgan fingerprint density at radius 3 is 2.58 bits per heavy atom. The van der Waals surface area contributed by atoms with Crippen molar-refractivity contribution >= 4 is 17.6 Å². The molecular weight excluding hydrogens is 435 g/mol. The van der Waals surface area contributed by atoms with Crippen LogP contribution in [-0.2, 0) is 11.0 Å². The van der Waals surface area contributed by atoms with Gasteiger partial charge in [-0.1, -0.05) is 24.4 Å². The lowest BCUT2D eigenvalue weighted by molar-refractivity contribution is -0.137. The van der Waals surface area contributed by atoms with E-state index in [-0.39, 0.29) is 35.0 Å². The van der Waals surface area contributed by atoms with E-state index < -0.39 is 11.7 Å². The highest BCUT2D eigenvalue weighted by molar-refractivity contribution is 5.93. The minimum Gasteiger partial charge on any atom is -0.403 e. The van der Waals surface area contributed by atoms with Crippen LogP contribution in [0.15, 0.2) is 22.6 Å². The first kappa shape index (κ1) is 23.5. The first-order valence-corrected chi connectivity index (χ1v) is 11.7. The van der Waals surface area contributed by atoms with E-state index in [0.29, 0.717) is 6.54 Å². The number of amides is 1. The van der Waals surface area contributed by atoms with Crippen LogP contribution in [0.5, 0.6) is 0 Å². The van der Waals surface area contributed by atoms with Crippen molar-refractivity contribution in [2.45, 2.75) is 57.5 Å². The molecule has 2 N–H and O–H groups in total. The lowest BCUT2D eigenvalue weighted by atomic mass is 9.88. The lowest BCUT2D eigenvalue weighted by Gasteiger charge is -2.21. The Bertz CT molecular complexity index is 934. The van der Waals surface area contributed by atoms with Gasteiger partial charge in [0.2, 0.25) is 11.8 Å². The molecule has 0 bridgehead atoms. The maximum Gasteiger partial charge on any atom is 0.417 e. The largest absolute Gasteiger partial charge is 0.417 e. The second kappa shape index (κ2) is 10.5. The molecule has 0 radical (unpaired) electrons. The second-order valence-corrected chi connectivity index (χ2v) is 8.82. The molecule has 1 saturated heterocycles. The van der Waals surface area contributed by atoms with Gasteiger partial charge in [0.1, 0.15) is 0 Å². The molecule has 0 unspecified atom stereocenters. The van der Waals surface area contributed by atoms with Crippen molar-refractivity contribution < 1.29 is 22.4 Å². The fraction of sp³-hybridized carbons (Fsp3) is 0.609. The number of rotatable bonds is 8. The van der Waals surface area contributed by atoms with E-state index in [2.05, 4.69) is 25.7 Å². The van der Waals surface area contributed by atoms with E-state index in [9.17, 15) is 18.0 Å². The van der Waals surface area contributed by atoms with Gasteiger partial charge >= 0.3 is 12.2 Å². The van der Waals surface area contributed by atoms with Crippen LogP contribution in [0.2, 0.25) is 0 Å². The molecule has 1 amide bonds. The molecule has 7 nitrogen and oxygen atoms in total. The SMILES string of the molecule is O=C(Nc1ccc(-c2nnc(NCCCN3CCCC3)o2)c(C(F)(F)F)c1)C1CCCCC1. The Kier molecular flexibility index (Phi) is 7.52. The van der Waals surface area contributed by atoms with Gasteiger partial charge in [0.05, 0.1) is 11.1 Å². The van der Waals surface area contributed by atoms with Crippen LogP contribution < -0.4 is 10.6 Å². The lowest BCUT2D eigenvalue weighted by Crippen LogP contribution is -2.25. The molecule has 4 rings (SSSR count). The zero-order valence-corrected chi connectivity index (χ0v) is 18.6. The second-order valence-electron chi connectivity index (χ2n) is 8.82. The highest BCUT2D eigenvalue weighted by Gasteiger charge is 2.36. The van der Waals surface area contributed by atoms with Gasteiger partial charge in [-0.05, 0) is 69.9 Å². The van der Waals surface area contributed by atoms with Crippen molar-refractivity contribution in [1.29, 1.82) is 0 Å². The van der Waals surface area contributed by atoms with Gasteiger partial charge in [0.25, 0.3) is 0 Å². The first-order valence-electron chi connectivity index (χ1n) is 11.7. The van der Waals surface area contributed by atoms with Crippen molar-refractivity contribution in [2.75, 3.05) is 36.8 Å². The zero-order valence-electron chi connectivity index (χ0n) is 18.6. The molecule has 2 aromatic rings. The van der Waals surface area contributed by atoms with E-state index in [1.54, 1.807) is 0 Å². The van der Waals surface area contributed by atoms with Gasteiger partial charge in [-0.2, -0.15) is 13.2 Å². The Morgan fingerprint density at radius 2 is 1.85 bits per heavy atom. The zero-order chi connectivity index (χ0) is 23.3. The summed E-state index contributed by atoms with van der Waals surface area (Å²) in [6.07, 6.45) is 3.26. The number of halogens is 3. The third-order valence-electron chi connectivity index (χ3n) is 6.35. The molecule has 2 aliphatic rings. The van der Waals surface area contributed by atoms with Crippen LogP contribution in [0.1, 0.15) is 56.9 Å². The van der Waals surface area contributed by atoms with Crippen LogP contribution in [0.25, 0.3) is 11.5 Å². The summed E-state index contributed by atoms with van der Waals surface area (Å²) in [6, 6.07) is 3.74. The minimum absolute atomic E-state index is 0.0919. The van der Waals surface area contributed by atoms with Crippen LogP contribution in [0, 0.1) is 5.92 Å². The Hall–Kier alpha value is -2.62. The van der Waals surface area contributed by atoms with Crippen molar-refractivity contribution in [2.24, 2.45) is 5.92 Å². The molecule has 180 valence electrons. The highest BCUT2D eigenvalue weighted by Crippen LogP contribution is 2.39. The number of anilines is 2. The quantitative estimate of drug-likeness (QED) is 0.523. The van der Waals surface area contributed by atoms with Crippen LogP contribution in [-0.4, -0.2) is 47.2 Å². The molecule has 1 aliphatic heterocycles. The molecule has 1 aliphatic carbocycles. The topological polar surface area (TPSA) is 83.3 Å². The number of carbonyl (C=O) groups excluding carboxylic acids is 1. The Balaban J connectivity index is 1.41. The van der Waals surface area contributed by atoms with Gasteiger partial charge in [0, 0.05) is 18.2 Å². The van der Waals surface area contributed by atoms with E-state index in [4.69, 9.17) is 4.42 Å². The summed E-state index contributed by atoms with van der Waals surface area (Å²) in [4.78, 5) is 14.8. The predicted molar refractivity (Wildman–Crippen MR) is 119 cm³/mol. The average molecular weight is 466 g/mol. The third kappa shape index (κ3) is 6.25. The van der Waals surface area contributed by atoms with Crippen LogP contribution in [0.3, 0.4) is 0 Å². The Labute approximate surface area is 191 Å². The standard InChI is InChI=1S/C23H30F3N5O2/c24-23(25,26)19-15-17(28-20(32)16-7-2-1-3-8-16)9-10-18(19)21-29-30-22(33-21)27-11-6-14-31-12-4-5-13-31/h9-10,15-16H,1-8,11-14H2,(H,27,30)(H,28,32). The number of nitrogens with zero attached hydrogens (tertiary/aromatic N) is 3. The molecule has 2 heterocycles. The summed E-state index contributed by atoms with van der Waals surface area (Å²) in [5, 5.41) is 13.3. The number of likely N-dealkylation sites (tertiary alicyclic amines) is 1. The van der Waals surface area contributed by atoms with Gasteiger partial charge in [-0.25, -0.2) is 0 Å². The molecule has 33 heavy (non-hydrogen) atoms. The smallest absolute Gasteiger partial charge is 0.403 e. The van der Waals surface area contributed by atoms with Crippen LogP contribution in [0.4, 0.5) is 24.9 Å². The number of carbonyl (C=O) groups is 1. The van der Waals surface area contributed by atoms with E-state index in [0.717, 1.165) is 64.2 Å². The molecule has 1 saturated carbocycles. The monoisotopic (exact) mass is 465 g/mol. The molecule has 2 fully saturated rings. The summed E-state index contributed by atoms with van der Waals surface area (Å²) in [6.45, 7) is 3.78. The van der Waals surface area contributed by atoms with Gasteiger partial charge in [-0.15, -0.1) is 5.10 Å². The molecule has 0 atom stereocenters. The number of hydrogen-bond acceptors (Lipinski definition) is 6. The fourth-order valence-corrected chi connectivity index (χ4v) is 4.56. The number of nitrogens with one attached hydrogen (secondary N) is 2. The minimum atomic E-state index is -4.64. The van der Waals surface area contributed by atoms with Crippen molar-refractivity contribution in [3.05, 3.63) is 23.8 Å². The number of alkyl halides is 3. The maximum absolute atomic E-state index is 13.8. The first-order chi connectivity index (χ1) is 15.9. The molecule has 10 heteroatoms. The Morgan fingerprint density at radius 1 is 1.09 bits per heavy atom. The maximum atomic E-state index is 13.8. The normalized spacial score (nSPS) is 17.9. The number of benzene rings is 1. The summed E-state index contributed by atoms with van der Waals surface area (Å²) >= 11 is 0. The molecule has 1 aromatic heterocycles. The van der Waals surface area contributed by atoms with Crippen molar-refractivity contribution in [3.8, 4) is 11.5 Å².